The Morgan fingerprint density at radius 2 is 2.21 bits per heavy atom. The van der Waals surface area contributed by atoms with E-state index in [9.17, 15) is 9.59 Å². The summed E-state index contributed by atoms with van der Waals surface area (Å²) in [5.41, 5.74) is 0. The summed E-state index contributed by atoms with van der Waals surface area (Å²) in [4.78, 5) is 23.7. The van der Waals surface area contributed by atoms with Gasteiger partial charge in [-0.1, -0.05) is 0 Å². The van der Waals surface area contributed by atoms with Crippen molar-refractivity contribution in [3.05, 3.63) is 26.9 Å². The van der Waals surface area contributed by atoms with Gasteiger partial charge in [0.15, 0.2) is 0 Å². The summed E-state index contributed by atoms with van der Waals surface area (Å²) in [6.45, 7) is 0.845. The van der Waals surface area contributed by atoms with E-state index in [1.807, 2.05) is 12.1 Å². The van der Waals surface area contributed by atoms with Gasteiger partial charge in [0.25, 0.3) is 0 Å². The van der Waals surface area contributed by atoms with Crippen molar-refractivity contribution in [1.82, 2.24) is 10.6 Å². The third-order valence-electron chi connectivity index (χ3n) is 2.04. The largest absolute Gasteiger partial charge is 0.383 e. The Morgan fingerprint density at radius 1 is 1.42 bits per heavy atom. The first-order chi connectivity index (χ1) is 9.11. The SMILES string of the molecule is COCCNC(=O)CNC(=O)/C=C/c1ccc(Br)s1. The fourth-order valence-corrected chi connectivity index (χ4v) is 2.48. The Labute approximate surface area is 124 Å². The number of nitrogens with one attached hydrogen (secondary N) is 2. The van der Waals surface area contributed by atoms with E-state index in [2.05, 4.69) is 26.6 Å². The normalized spacial score (nSPS) is 10.6. The van der Waals surface area contributed by atoms with Gasteiger partial charge < -0.3 is 15.4 Å². The molecule has 0 spiro atoms. The average Bonchev–Trinajstić information content (AvgIpc) is 2.80. The second-order valence-corrected chi connectivity index (χ2v) is 6.03. The fourth-order valence-electron chi connectivity index (χ4n) is 1.16. The number of methoxy groups -OCH3 is 1. The van der Waals surface area contributed by atoms with E-state index in [0.29, 0.717) is 13.2 Å². The van der Waals surface area contributed by atoms with Gasteiger partial charge in [-0.25, -0.2) is 0 Å². The molecule has 2 N–H and O–H groups in total. The van der Waals surface area contributed by atoms with Crippen LogP contribution in [0.4, 0.5) is 0 Å². The Kier molecular flexibility index (Phi) is 7.39. The van der Waals surface area contributed by atoms with E-state index >= 15 is 0 Å². The molecule has 1 aromatic rings. The van der Waals surface area contributed by atoms with E-state index in [0.717, 1.165) is 8.66 Å². The molecule has 104 valence electrons. The first kappa shape index (κ1) is 15.9. The quantitative estimate of drug-likeness (QED) is 0.579. The molecule has 0 radical (unpaired) electrons. The molecule has 19 heavy (non-hydrogen) atoms. The van der Waals surface area contributed by atoms with Crippen LogP contribution in [-0.2, 0) is 14.3 Å². The van der Waals surface area contributed by atoms with Crippen LogP contribution in [-0.4, -0.2) is 38.6 Å². The summed E-state index contributed by atoms with van der Waals surface area (Å²) in [6, 6.07) is 3.81. The van der Waals surface area contributed by atoms with Crippen LogP contribution < -0.4 is 10.6 Å². The van der Waals surface area contributed by atoms with Crippen LogP contribution in [0.2, 0.25) is 0 Å². The summed E-state index contributed by atoms with van der Waals surface area (Å²) in [7, 11) is 1.56. The number of ether oxygens (including phenoxy) is 1. The van der Waals surface area contributed by atoms with Crippen LogP contribution in [0.25, 0.3) is 6.08 Å². The average molecular weight is 347 g/mol. The molecular weight excluding hydrogens is 332 g/mol. The first-order valence-electron chi connectivity index (χ1n) is 5.58. The van der Waals surface area contributed by atoms with Gasteiger partial charge in [-0.3, -0.25) is 9.59 Å². The maximum Gasteiger partial charge on any atom is 0.244 e. The Bertz CT molecular complexity index is 460. The van der Waals surface area contributed by atoms with Crippen molar-refractivity contribution >= 4 is 45.2 Å². The highest BCUT2D eigenvalue weighted by Crippen LogP contribution is 2.22. The molecule has 0 atom stereocenters. The lowest BCUT2D eigenvalue weighted by Crippen LogP contribution is -2.37. The summed E-state index contributed by atoms with van der Waals surface area (Å²) in [5.74, 6) is -0.538. The molecule has 0 aliphatic carbocycles. The predicted molar refractivity (Wildman–Crippen MR) is 78.9 cm³/mol. The monoisotopic (exact) mass is 346 g/mol. The van der Waals surface area contributed by atoms with Crippen molar-refractivity contribution in [2.45, 2.75) is 0 Å². The summed E-state index contributed by atoms with van der Waals surface area (Å²) >= 11 is 4.86. The van der Waals surface area contributed by atoms with Crippen LogP contribution in [0.3, 0.4) is 0 Å². The van der Waals surface area contributed by atoms with E-state index in [-0.39, 0.29) is 18.4 Å². The van der Waals surface area contributed by atoms with E-state index in [4.69, 9.17) is 4.74 Å². The highest BCUT2D eigenvalue weighted by molar-refractivity contribution is 9.11. The zero-order chi connectivity index (χ0) is 14.1. The van der Waals surface area contributed by atoms with Crippen LogP contribution in [0.5, 0.6) is 0 Å². The van der Waals surface area contributed by atoms with Gasteiger partial charge in [-0.2, -0.15) is 0 Å². The number of carbonyl (C=O) groups excluding carboxylic acids is 2. The molecule has 0 bridgehead atoms. The number of halogens is 1. The minimum absolute atomic E-state index is 0.0407. The number of rotatable bonds is 7. The lowest BCUT2D eigenvalue weighted by Gasteiger charge is -2.04. The minimum Gasteiger partial charge on any atom is -0.383 e. The molecule has 0 fully saturated rings. The van der Waals surface area contributed by atoms with Crippen LogP contribution in [0, 0.1) is 0 Å². The lowest BCUT2D eigenvalue weighted by molar-refractivity contribution is -0.124. The number of amides is 2. The maximum absolute atomic E-state index is 11.4. The second-order valence-electron chi connectivity index (χ2n) is 3.54. The van der Waals surface area contributed by atoms with Gasteiger partial charge in [0, 0.05) is 24.6 Å². The smallest absolute Gasteiger partial charge is 0.244 e. The summed E-state index contributed by atoms with van der Waals surface area (Å²) in [5, 5.41) is 5.11. The van der Waals surface area contributed by atoms with Gasteiger partial charge in [0.05, 0.1) is 16.9 Å². The highest BCUT2D eigenvalue weighted by atomic mass is 79.9. The maximum atomic E-state index is 11.4. The van der Waals surface area contributed by atoms with Gasteiger partial charge >= 0.3 is 0 Å². The van der Waals surface area contributed by atoms with E-state index < -0.39 is 0 Å². The highest BCUT2D eigenvalue weighted by Gasteiger charge is 2.02. The molecule has 7 heteroatoms. The molecule has 1 heterocycles. The molecule has 1 rings (SSSR count). The topological polar surface area (TPSA) is 67.4 Å². The molecule has 0 aromatic carbocycles. The second kappa shape index (κ2) is 8.84. The van der Waals surface area contributed by atoms with E-state index in [1.165, 1.54) is 17.4 Å². The van der Waals surface area contributed by atoms with Gasteiger partial charge in [-0.15, -0.1) is 11.3 Å². The molecule has 2 amide bonds. The summed E-state index contributed by atoms with van der Waals surface area (Å²) in [6.07, 6.45) is 3.11. The minimum atomic E-state index is -0.300. The van der Waals surface area contributed by atoms with E-state index in [1.54, 1.807) is 13.2 Å². The molecule has 1 aromatic heterocycles. The summed E-state index contributed by atoms with van der Waals surface area (Å²) < 4.78 is 5.80. The Balaban J connectivity index is 2.24. The molecule has 0 saturated carbocycles. The van der Waals surface area contributed by atoms with Gasteiger partial charge in [0.1, 0.15) is 0 Å². The standard InChI is InChI=1S/C12H15BrN2O3S/c1-18-7-6-14-12(17)8-15-11(16)5-3-9-2-4-10(13)19-9/h2-5H,6-8H2,1H3,(H,14,17)(H,15,16)/b5-3+. The number of hydrogen-bond donors (Lipinski definition) is 2. The Morgan fingerprint density at radius 3 is 2.84 bits per heavy atom. The van der Waals surface area contributed by atoms with Crippen molar-refractivity contribution in [2.75, 3.05) is 26.8 Å². The first-order valence-corrected chi connectivity index (χ1v) is 7.19. The van der Waals surface area contributed by atoms with Crippen LogP contribution in [0.1, 0.15) is 4.88 Å². The number of thiophene rings is 1. The molecule has 0 unspecified atom stereocenters. The lowest BCUT2D eigenvalue weighted by atomic mass is 10.4. The molecular formula is C12H15BrN2O3S. The van der Waals surface area contributed by atoms with Crippen LogP contribution in [0.15, 0.2) is 22.0 Å². The molecule has 5 nitrogen and oxygen atoms in total. The van der Waals surface area contributed by atoms with Gasteiger partial charge in [0.2, 0.25) is 11.8 Å². The van der Waals surface area contributed by atoms with Crippen molar-refractivity contribution in [3.8, 4) is 0 Å². The number of carbonyl (C=O) groups is 2. The van der Waals surface area contributed by atoms with Gasteiger partial charge in [-0.05, 0) is 34.1 Å². The Hall–Kier alpha value is -1.18. The third-order valence-corrected chi connectivity index (χ3v) is 3.63. The zero-order valence-electron chi connectivity index (χ0n) is 10.4. The van der Waals surface area contributed by atoms with Crippen molar-refractivity contribution in [3.63, 3.8) is 0 Å². The predicted octanol–water partition coefficient (Wildman–Crippen LogP) is 1.40. The molecule has 0 aliphatic rings. The van der Waals surface area contributed by atoms with Crippen molar-refractivity contribution in [2.24, 2.45) is 0 Å². The number of hydrogen-bond acceptors (Lipinski definition) is 4. The van der Waals surface area contributed by atoms with Crippen molar-refractivity contribution in [1.29, 1.82) is 0 Å². The zero-order valence-corrected chi connectivity index (χ0v) is 12.8. The van der Waals surface area contributed by atoms with Crippen molar-refractivity contribution < 1.29 is 14.3 Å². The van der Waals surface area contributed by atoms with Crippen LogP contribution >= 0.6 is 27.3 Å². The fraction of sp³-hybridized carbons (Fsp3) is 0.333. The molecule has 0 aliphatic heterocycles. The molecule has 0 saturated heterocycles. The third kappa shape index (κ3) is 7.09.